The highest BCUT2D eigenvalue weighted by molar-refractivity contribution is 5.74. The van der Waals surface area contributed by atoms with Crippen LogP contribution in [0.1, 0.15) is 32.9 Å². The van der Waals surface area contributed by atoms with Gasteiger partial charge >= 0.3 is 0 Å². The number of nitrogens with two attached hydrogens (primary N) is 1. The average Bonchev–Trinajstić information content (AvgIpc) is 2.85. The van der Waals surface area contributed by atoms with E-state index in [4.69, 9.17) is 5.73 Å². The smallest absolute Gasteiger partial charge is 0.137 e. The van der Waals surface area contributed by atoms with Gasteiger partial charge in [-0.25, -0.2) is 4.98 Å². The molecule has 2 rings (SSSR count). The Labute approximate surface area is 109 Å². The Morgan fingerprint density at radius 1 is 1.44 bits per heavy atom. The molecule has 0 unspecified atom stereocenters. The van der Waals surface area contributed by atoms with Crippen molar-refractivity contribution in [2.75, 3.05) is 0 Å². The fraction of sp³-hybridized carbons (Fsp3) is 0.267. The Hall–Kier alpha value is -2.03. The summed E-state index contributed by atoms with van der Waals surface area (Å²) in [5.74, 6) is 0. The van der Waals surface area contributed by atoms with Crippen LogP contribution < -0.4 is 5.73 Å². The lowest BCUT2D eigenvalue weighted by Gasteiger charge is -2.02. The minimum absolute atomic E-state index is 0.801. The molecular weight excluding hydrogens is 222 g/mol. The third-order valence-corrected chi connectivity index (χ3v) is 2.57. The van der Waals surface area contributed by atoms with E-state index in [0.29, 0.717) is 0 Å². The molecule has 0 atom stereocenters. The summed E-state index contributed by atoms with van der Waals surface area (Å²) < 4.78 is 1.97. The number of hydrogen-bond acceptors (Lipinski definition) is 2. The van der Waals surface area contributed by atoms with Crippen molar-refractivity contribution >= 4 is 11.2 Å². The first kappa shape index (κ1) is 14.0. The Morgan fingerprint density at radius 2 is 2.17 bits per heavy atom. The van der Waals surface area contributed by atoms with Crippen molar-refractivity contribution in [3.63, 3.8) is 0 Å². The topological polar surface area (TPSA) is 43.3 Å². The number of pyridine rings is 1. The van der Waals surface area contributed by atoms with Crippen LogP contribution in [-0.4, -0.2) is 9.38 Å². The number of rotatable bonds is 3. The molecule has 3 nitrogen and oxygen atoms in total. The first-order valence-corrected chi connectivity index (χ1v) is 6.31. The van der Waals surface area contributed by atoms with E-state index in [9.17, 15) is 0 Å². The molecule has 0 aliphatic rings. The van der Waals surface area contributed by atoms with Gasteiger partial charge in [-0.05, 0) is 18.6 Å². The normalized spacial score (nSPS) is 11.5. The van der Waals surface area contributed by atoms with E-state index in [1.165, 1.54) is 0 Å². The van der Waals surface area contributed by atoms with E-state index in [0.717, 1.165) is 29.0 Å². The fourth-order valence-corrected chi connectivity index (χ4v) is 1.66. The Morgan fingerprint density at radius 3 is 2.72 bits per heavy atom. The summed E-state index contributed by atoms with van der Waals surface area (Å²) in [6.07, 6.45) is 6.50. The van der Waals surface area contributed by atoms with Crippen molar-refractivity contribution in [1.82, 2.24) is 9.38 Å². The Kier molecular flexibility index (Phi) is 5.18. The minimum Gasteiger partial charge on any atom is -0.402 e. The van der Waals surface area contributed by atoms with Gasteiger partial charge in [0.25, 0.3) is 0 Å². The maximum atomic E-state index is 5.94. The van der Waals surface area contributed by atoms with Gasteiger partial charge in [-0.1, -0.05) is 39.5 Å². The number of aromatic nitrogens is 2. The van der Waals surface area contributed by atoms with E-state index in [-0.39, 0.29) is 0 Å². The van der Waals surface area contributed by atoms with Crippen molar-refractivity contribution in [1.29, 1.82) is 0 Å². The number of fused-ring (bicyclic) bond motifs is 1. The monoisotopic (exact) mass is 243 g/mol. The number of nitrogens with zero attached hydrogens (tertiary/aromatic N) is 2. The maximum Gasteiger partial charge on any atom is 0.137 e. The summed E-state index contributed by atoms with van der Waals surface area (Å²) in [5.41, 5.74) is 9.47. The highest BCUT2D eigenvalue weighted by Gasteiger charge is 2.06. The fourth-order valence-electron chi connectivity index (χ4n) is 1.66. The van der Waals surface area contributed by atoms with Crippen LogP contribution >= 0.6 is 0 Å². The molecule has 0 radical (unpaired) electrons. The first-order chi connectivity index (χ1) is 8.76. The summed E-state index contributed by atoms with van der Waals surface area (Å²) in [7, 11) is 0. The van der Waals surface area contributed by atoms with Crippen LogP contribution in [0.15, 0.2) is 48.9 Å². The second-order valence-electron chi connectivity index (χ2n) is 3.59. The highest BCUT2D eigenvalue weighted by atomic mass is 15.0. The molecule has 0 aliphatic heterocycles. The van der Waals surface area contributed by atoms with E-state index in [1.54, 1.807) is 6.08 Å². The van der Waals surface area contributed by atoms with E-state index >= 15 is 0 Å². The molecule has 0 bridgehead atoms. The summed E-state index contributed by atoms with van der Waals surface area (Å²) in [4.78, 5) is 4.51. The minimum atomic E-state index is 0.801. The van der Waals surface area contributed by atoms with Gasteiger partial charge in [0, 0.05) is 23.7 Å². The Bertz CT molecular complexity index is 517. The van der Waals surface area contributed by atoms with Crippen molar-refractivity contribution in [3.8, 4) is 0 Å². The molecule has 2 aromatic heterocycles. The lowest BCUT2D eigenvalue weighted by molar-refractivity contribution is 1.07. The molecule has 2 N–H and O–H groups in total. The molecule has 0 spiro atoms. The SMILES string of the molecule is C=C/C(=C(/N)CC)c1cn2ccccc2n1.CC. The van der Waals surface area contributed by atoms with Crippen LogP contribution in [0.5, 0.6) is 0 Å². The molecule has 96 valence electrons. The molecule has 2 heterocycles. The molecule has 0 amide bonds. The van der Waals surface area contributed by atoms with E-state index in [2.05, 4.69) is 11.6 Å². The summed E-state index contributed by atoms with van der Waals surface area (Å²) >= 11 is 0. The average molecular weight is 243 g/mol. The predicted octanol–water partition coefficient (Wildman–Crippen LogP) is 3.63. The zero-order chi connectivity index (χ0) is 13.5. The summed E-state index contributed by atoms with van der Waals surface area (Å²) in [5, 5.41) is 0. The van der Waals surface area contributed by atoms with Crippen LogP contribution in [0.25, 0.3) is 11.2 Å². The van der Waals surface area contributed by atoms with Crippen LogP contribution in [0.4, 0.5) is 0 Å². The predicted molar refractivity (Wildman–Crippen MR) is 78.1 cm³/mol. The second kappa shape index (κ2) is 6.64. The standard InChI is InChI=1S/C13H15N3.C2H6/c1-3-10(11(14)4-2)12-9-16-8-6-5-7-13(16)15-12;1-2/h3,5-9H,1,4,14H2,2H3;1-2H3/b11-10-;. The zero-order valence-electron chi connectivity index (χ0n) is 11.4. The highest BCUT2D eigenvalue weighted by Crippen LogP contribution is 2.18. The third kappa shape index (κ3) is 2.80. The van der Waals surface area contributed by atoms with Gasteiger partial charge in [-0.3, -0.25) is 0 Å². The van der Waals surface area contributed by atoms with E-state index in [1.807, 2.05) is 55.8 Å². The van der Waals surface area contributed by atoms with Crippen LogP contribution in [0, 0.1) is 0 Å². The van der Waals surface area contributed by atoms with Gasteiger partial charge < -0.3 is 10.1 Å². The van der Waals surface area contributed by atoms with Crippen molar-refractivity contribution in [2.45, 2.75) is 27.2 Å². The number of hydrogen-bond donors (Lipinski definition) is 1. The summed E-state index contributed by atoms with van der Waals surface area (Å²) in [6.45, 7) is 9.81. The second-order valence-corrected chi connectivity index (χ2v) is 3.59. The molecule has 0 saturated carbocycles. The first-order valence-electron chi connectivity index (χ1n) is 6.31. The molecule has 2 aromatic rings. The molecule has 0 aliphatic carbocycles. The lowest BCUT2D eigenvalue weighted by atomic mass is 10.1. The van der Waals surface area contributed by atoms with Gasteiger partial charge in [0.1, 0.15) is 5.65 Å². The lowest BCUT2D eigenvalue weighted by Crippen LogP contribution is -1.99. The van der Waals surface area contributed by atoms with Crippen molar-refractivity contribution < 1.29 is 0 Å². The molecule has 0 aromatic carbocycles. The number of allylic oxidation sites excluding steroid dienone is 3. The molecule has 3 heteroatoms. The van der Waals surface area contributed by atoms with E-state index < -0.39 is 0 Å². The molecular formula is C15H21N3. The van der Waals surface area contributed by atoms with Gasteiger partial charge in [-0.2, -0.15) is 0 Å². The van der Waals surface area contributed by atoms with Gasteiger partial charge in [0.2, 0.25) is 0 Å². The van der Waals surface area contributed by atoms with Crippen LogP contribution in [0.3, 0.4) is 0 Å². The molecule has 0 saturated heterocycles. The largest absolute Gasteiger partial charge is 0.402 e. The third-order valence-electron chi connectivity index (χ3n) is 2.57. The summed E-state index contributed by atoms with van der Waals surface area (Å²) in [6, 6.07) is 5.90. The maximum absolute atomic E-state index is 5.94. The van der Waals surface area contributed by atoms with Crippen molar-refractivity contribution in [3.05, 3.63) is 54.6 Å². The number of imidazole rings is 1. The van der Waals surface area contributed by atoms with Crippen LogP contribution in [-0.2, 0) is 0 Å². The quantitative estimate of drug-likeness (QED) is 0.837. The van der Waals surface area contributed by atoms with Crippen LogP contribution in [0.2, 0.25) is 0 Å². The molecule has 0 fully saturated rings. The molecule has 18 heavy (non-hydrogen) atoms. The van der Waals surface area contributed by atoms with Gasteiger partial charge in [-0.15, -0.1) is 0 Å². The van der Waals surface area contributed by atoms with Gasteiger partial charge in [0.05, 0.1) is 5.69 Å². The Balaban J connectivity index is 0.000000771. The van der Waals surface area contributed by atoms with Crippen molar-refractivity contribution in [2.24, 2.45) is 5.73 Å². The van der Waals surface area contributed by atoms with Gasteiger partial charge in [0.15, 0.2) is 0 Å². The zero-order valence-corrected chi connectivity index (χ0v) is 11.4.